The van der Waals surface area contributed by atoms with Crippen molar-refractivity contribution >= 4 is 5.78 Å². The van der Waals surface area contributed by atoms with E-state index in [1.165, 1.54) is 0 Å². The molecular formula is C15H24N2O2. The summed E-state index contributed by atoms with van der Waals surface area (Å²) in [5, 5.41) is 14.9. The number of nitrogens with zero attached hydrogens (tertiary/aromatic N) is 2. The molecular weight excluding hydrogens is 240 g/mol. The Kier molecular flexibility index (Phi) is 4.40. The van der Waals surface area contributed by atoms with Crippen LogP contribution in [0, 0.1) is 0 Å². The van der Waals surface area contributed by atoms with Crippen LogP contribution in [0.15, 0.2) is 12.3 Å². The zero-order valence-electron chi connectivity index (χ0n) is 11.9. The molecule has 4 nitrogen and oxygen atoms in total. The summed E-state index contributed by atoms with van der Waals surface area (Å²) in [7, 11) is 0. The first-order valence-electron chi connectivity index (χ1n) is 7.31. The number of rotatable bonds is 4. The zero-order chi connectivity index (χ0) is 13.9. The summed E-state index contributed by atoms with van der Waals surface area (Å²) in [6.45, 7) is 4.11. The van der Waals surface area contributed by atoms with Gasteiger partial charge >= 0.3 is 0 Å². The van der Waals surface area contributed by atoms with E-state index in [0.717, 1.165) is 31.4 Å². The monoisotopic (exact) mass is 264 g/mol. The van der Waals surface area contributed by atoms with E-state index in [0.29, 0.717) is 18.9 Å². The highest BCUT2D eigenvalue weighted by Gasteiger charge is 2.35. The molecule has 0 amide bonds. The van der Waals surface area contributed by atoms with Crippen molar-refractivity contribution in [3.63, 3.8) is 0 Å². The summed E-state index contributed by atoms with van der Waals surface area (Å²) < 4.78 is 1.85. The lowest BCUT2D eigenvalue weighted by molar-refractivity contribution is -0.138. The van der Waals surface area contributed by atoms with Crippen molar-refractivity contribution in [2.45, 2.75) is 70.4 Å². The molecule has 0 bridgehead atoms. The molecule has 1 aliphatic rings. The van der Waals surface area contributed by atoms with Crippen molar-refractivity contribution in [1.82, 2.24) is 9.78 Å². The number of hydrogen-bond donors (Lipinski definition) is 1. The molecule has 1 saturated carbocycles. The van der Waals surface area contributed by atoms with Gasteiger partial charge in [-0.2, -0.15) is 5.10 Å². The molecule has 0 spiro atoms. The largest absolute Gasteiger partial charge is 0.382 e. The van der Waals surface area contributed by atoms with Gasteiger partial charge in [0.05, 0.1) is 12.1 Å². The Labute approximate surface area is 114 Å². The number of carbonyl (C=O) groups excluding carboxylic acids is 1. The predicted octanol–water partition coefficient (Wildman–Crippen LogP) is 2.66. The van der Waals surface area contributed by atoms with Gasteiger partial charge < -0.3 is 5.11 Å². The number of ketones is 1. The quantitative estimate of drug-likeness (QED) is 0.851. The molecule has 1 aliphatic carbocycles. The number of aliphatic hydroxyl groups is 1. The average molecular weight is 264 g/mol. The summed E-state index contributed by atoms with van der Waals surface area (Å²) in [6.07, 6.45) is 7.49. The van der Waals surface area contributed by atoms with Crippen LogP contribution in [0.25, 0.3) is 0 Å². The van der Waals surface area contributed by atoms with Crippen LogP contribution in [0.5, 0.6) is 0 Å². The molecule has 1 N–H and O–H groups in total. The number of carbonyl (C=O) groups is 1. The third kappa shape index (κ3) is 3.44. The minimum Gasteiger partial charge on any atom is -0.382 e. The Hall–Kier alpha value is -1.16. The second-order valence-corrected chi connectivity index (χ2v) is 5.93. The van der Waals surface area contributed by atoms with Crippen molar-refractivity contribution in [1.29, 1.82) is 0 Å². The van der Waals surface area contributed by atoms with E-state index in [1.54, 1.807) is 0 Å². The lowest BCUT2D eigenvalue weighted by Crippen LogP contribution is -2.39. The van der Waals surface area contributed by atoms with Gasteiger partial charge in [0.2, 0.25) is 0 Å². The van der Waals surface area contributed by atoms with E-state index < -0.39 is 5.60 Å². The van der Waals surface area contributed by atoms with Gasteiger partial charge in [0.1, 0.15) is 5.60 Å². The molecule has 0 radical (unpaired) electrons. The van der Waals surface area contributed by atoms with Gasteiger partial charge in [-0.1, -0.05) is 25.7 Å². The van der Waals surface area contributed by atoms with Crippen LogP contribution in [0.3, 0.4) is 0 Å². The van der Waals surface area contributed by atoms with E-state index in [2.05, 4.69) is 18.9 Å². The van der Waals surface area contributed by atoms with Gasteiger partial charge in [0.15, 0.2) is 5.78 Å². The second-order valence-electron chi connectivity index (χ2n) is 5.93. The fourth-order valence-electron chi connectivity index (χ4n) is 2.68. The smallest absolute Gasteiger partial charge is 0.170 e. The maximum absolute atomic E-state index is 12.3. The molecule has 1 aromatic rings. The van der Waals surface area contributed by atoms with Crippen LogP contribution < -0.4 is 0 Å². The lowest BCUT2D eigenvalue weighted by atomic mass is 9.87. The van der Waals surface area contributed by atoms with Gasteiger partial charge in [0.25, 0.3) is 0 Å². The predicted molar refractivity (Wildman–Crippen MR) is 74.0 cm³/mol. The van der Waals surface area contributed by atoms with Crippen molar-refractivity contribution in [3.8, 4) is 0 Å². The molecule has 4 heteroatoms. The minimum absolute atomic E-state index is 0.0663. The summed E-state index contributed by atoms with van der Waals surface area (Å²) in [6, 6.07) is 2.17. The number of Topliss-reactive ketones (excluding diaryl/α,β-unsaturated/α-hetero) is 1. The summed E-state index contributed by atoms with van der Waals surface area (Å²) >= 11 is 0. The molecule has 0 atom stereocenters. The van der Waals surface area contributed by atoms with Gasteiger partial charge in [-0.15, -0.1) is 0 Å². The van der Waals surface area contributed by atoms with E-state index >= 15 is 0 Å². The Bertz CT molecular complexity index is 429. The highest BCUT2D eigenvalue weighted by atomic mass is 16.3. The van der Waals surface area contributed by atoms with Crippen LogP contribution in [-0.4, -0.2) is 26.3 Å². The highest BCUT2D eigenvalue weighted by molar-refractivity contribution is 5.88. The third-order valence-corrected chi connectivity index (χ3v) is 3.98. The highest BCUT2D eigenvalue weighted by Crippen LogP contribution is 2.28. The fourth-order valence-corrected chi connectivity index (χ4v) is 2.68. The van der Waals surface area contributed by atoms with E-state index in [-0.39, 0.29) is 12.2 Å². The number of hydrogen-bond acceptors (Lipinski definition) is 3. The van der Waals surface area contributed by atoms with Crippen molar-refractivity contribution in [2.75, 3.05) is 0 Å². The molecule has 0 aliphatic heterocycles. The van der Waals surface area contributed by atoms with Crippen LogP contribution in [0.1, 0.15) is 64.1 Å². The molecule has 19 heavy (non-hydrogen) atoms. The van der Waals surface area contributed by atoms with E-state index in [4.69, 9.17) is 0 Å². The van der Waals surface area contributed by atoms with E-state index in [9.17, 15) is 9.90 Å². The molecule has 1 heterocycles. The Morgan fingerprint density at radius 2 is 2.00 bits per heavy atom. The van der Waals surface area contributed by atoms with Gasteiger partial charge in [-0.05, 0) is 32.8 Å². The Balaban J connectivity index is 2.02. The van der Waals surface area contributed by atoms with Crippen LogP contribution >= 0.6 is 0 Å². The Morgan fingerprint density at radius 3 is 2.53 bits per heavy atom. The first kappa shape index (κ1) is 14.3. The molecule has 0 unspecified atom stereocenters. The molecule has 1 aromatic heterocycles. The molecule has 2 rings (SSSR count). The lowest BCUT2D eigenvalue weighted by Gasteiger charge is -2.24. The van der Waals surface area contributed by atoms with Crippen LogP contribution in [0.2, 0.25) is 0 Å². The molecule has 0 saturated heterocycles. The van der Waals surface area contributed by atoms with Crippen molar-refractivity contribution < 1.29 is 9.90 Å². The van der Waals surface area contributed by atoms with Gasteiger partial charge in [-0.3, -0.25) is 9.48 Å². The second kappa shape index (κ2) is 5.87. The normalized spacial score (nSPS) is 19.4. The van der Waals surface area contributed by atoms with E-state index in [1.807, 2.05) is 16.9 Å². The van der Waals surface area contributed by atoms with Crippen molar-refractivity contribution in [2.24, 2.45) is 0 Å². The third-order valence-electron chi connectivity index (χ3n) is 3.98. The standard InChI is InChI=1S/C15H24N2O2/c1-12(2)17-10-7-13(16-17)11-14(18)15(19)8-5-3-4-6-9-15/h7,10,12,19H,3-6,8-9,11H2,1-2H3. The first-order chi connectivity index (χ1) is 9.01. The minimum atomic E-state index is -1.11. The first-order valence-corrected chi connectivity index (χ1v) is 7.31. The molecule has 1 fully saturated rings. The fraction of sp³-hybridized carbons (Fsp3) is 0.733. The Morgan fingerprint density at radius 1 is 1.37 bits per heavy atom. The topological polar surface area (TPSA) is 55.1 Å². The van der Waals surface area contributed by atoms with Gasteiger partial charge in [0, 0.05) is 12.2 Å². The maximum atomic E-state index is 12.3. The molecule has 0 aromatic carbocycles. The summed E-state index contributed by atoms with van der Waals surface area (Å²) in [5.41, 5.74) is -0.352. The van der Waals surface area contributed by atoms with Crippen molar-refractivity contribution in [3.05, 3.63) is 18.0 Å². The zero-order valence-corrected chi connectivity index (χ0v) is 11.9. The van der Waals surface area contributed by atoms with Crippen LogP contribution in [-0.2, 0) is 11.2 Å². The summed E-state index contributed by atoms with van der Waals surface area (Å²) in [4.78, 5) is 12.3. The van der Waals surface area contributed by atoms with Crippen LogP contribution in [0.4, 0.5) is 0 Å². The SMILES string of the molecule is CC(C)n1ccc(CC(=O)C2(O)CCCCCC2)n1. The molecule has 106 valence electrons. The number of aromatic nitrogens is 2. The summed E-state index contributed by atoms with van der Waals surface area (Å²) in [5.74, 6) is -0.0663. The maximum Gasteiger partial charge on any atom is 0.170 e. The average Bonchev–Trinajstić information content (AvgIpc) is 2.71. The van der Waals surface area contributed by atoms with Gasteiger partial charge in [-0.25, -0.2) is 0 Å².